The normalized spacial score (nSPS) is 23.2. The number of rotatable bonds is 7. The van der Waals surface area contributed by atoms with Crippen LogP contribution >= 0.6 is 0 Å². The lowest BCUT2D eigenvalue weighted by molar-refractivity contribution is -0.126. The van der Waals surface area contributed by atoms with Gasteiger partial charge in [-0.2, -0.15) is 0 Å². The van der Waals surface area contributed by atoms with Gasteiger partial charge in [-0.3, -0.25) is 4.79 Å². The summed E-state index contributed by atoms with van der Waals surface area (Å²) in [5.41, 5.74) is 0. The molecule has 18 heavy (non-hydrogen) atoms. The lowest BCUT2D eigenvalue weighted by Crippen LogP contribution is -2.33. The highest BCUT2D eigenvalue weighted by atomic mass is 16.1. The minimum atomic E-state index is 0. The molecule has 0 spiro atoms. The molecule has 0 aromatic rings. The van der Waals surface area contributed by atoms with Crippen LogP contribution in [-0.4, -0.2) is 12.5 Å². The summed E-state index contributed by atoms with van der Waals surface area (Å²) in [6.45, 7) is 5.41. The maximum absolute atomic E-state index is 11.9. The molecule has 1 saturated carbocycles. The van der Waals surface area contributed by atoms with Gasteiger partial charge in [0.05, 0.1) is 0 Å². The van der Waals surface area contributed by atoms with Crippen molar-refractivity contribution < 1.29 is 4.79 Å². The first kappa shape index (κ1) is 17.4. The van der Waals surface area contributed by atoms with Crippen molar-refractivity contribution in [3.05, 3.63) is 0 Å². The van der Waals surface area contributed by atoms with Crippen molar-refractivity contribution in [2.75, 3.05) is 6.54 Å². The molecule has 4 N–H and O–H groups in total. The summed E-state index contributed by atoms with van der Waals surface area (Å²) in [4.78, 5) is 11.9. The number of amides is 1. The van der Waals surface area contributed by atoms with Gasteiger partial charge >= 0.3 is 0 Å². The Hall–Kier alpha value is -0.570. The van der Waals surface area contributed by atoms with Crippen LogP contribution in [0.4, 0.5) is 0 Å². The molecular weight excluding hydrogens is 224 g/mol. The van der Waals surface area contributed by atoms with Crippen molar-refractivity contribution in [3.8, 4) is 0 Å². The van der Waals surface area contributed by atoms with Crippen LogP contribution in [0.1, 0.15) is 71.6 Å². The quantitative estimate of drug-likeness (QED) is 0.675. The Balaban J connectivity index is 0.00000289. The largest absolute Gasteiger partial charge is 0.356 e. The molecule has 1 rings (SSSR count). The zero-order valence-electron chi connectivity index (χ0n) is 12.3. The number of carbonyl (C=O) groups excluding carboxylic acids is 1. The summed E-state index contributed by atoms with van der Waals surface area (Å²) in [5, 5.41) is 3.11. The zero-order chi connectivity index (χ0) is 12.5. The highest BCUT2D eigenvalue weighted by Gasteiger charge is 2.23. The van der Waals surface area contributed by atoms with Gasteiger partial charge in [0.2, 0.25) is 5.91 Å². The van der Waals surface area contributed by atoms with E-state index in [4.69, 9.17) is 0 Å². The van der Waals surface area contributed by atoms with E-state index in [2.05, 4.69) is 19.2 Å². The molecule has 0 bridgehead atoms. The molecule has 0 aliphatic heterocycles. The standard InChI is InChI=1S/C15H29NO.H3N/c1-3-4-5-6-7-12-16-15(17)14-10-8-13(2)9-11-14;/h13-14H,3-12H2,1-2H3,(H,16,17);1H3. The van der Waals surface area contributed by atoms with Gasteiger partial charge in [0.15, 0.2) is 0 Å². The van der Waals surface area contributed by atoms with Crippen LogP contribution in [0.3, 0.4) is 0 Å². The molecule has 1 aliphatic carbocycles. The Labute approximate surface area is 113 Å². The van der Waals surface area contributed by atoms with Crippen molar-refractivity contribution in [2.24, 2.45) is 11.8 Å². The van der Waals surface area contributed by atoms with E-state index in [-0.39, 0.29) is 6.15 Å². The van der Waals surface area contributed by atoms with Crippen LogP contribution < -0.4 is 11.5 Å². The maximum Gasteiger partial charge on any atom is 0.223 e. The molecule has 1 aliphatic rings. The first-order valence-corrected chi connectivity index (χ1v) is 7.51. The summed E-state index contributed by atoms with van der Waals surface area (Å²) in [6.07, 6.45) is 11.0. The van der Waals surface area contributed by atoms with E-state index in [1.165, 1.54) is 38.5 Å². The fraction of sp³-hybridized carbons (Fsp3) is 0.933. The molecule has 0 aromatic carbocycles. The molecule has 1 fully saturated rings. The monoisotopic (exact) mass is 256 g/mol. The lowest BCUT2D eigenvalue weighted by atomic mass is 9.82. The third-order valence-electron chi connectivity index (χ3n) is 3.97. The molecule has 1 amide bonds. The minimum Gasteiger partial charge on any atom is -0.356 e. The molecule has 3 nitrogen and oxygen atoms in total. The number of nitrogens with one attached hydrogen (secondary N) is 1. The van der Waals surface area contributed by atoms with Crippen molar-refractivity contribution in [3.63, 3.8) is 0 Å². The molecule has 0 heterocycles. The van der Waals surface area contributed by atoms with Crippen molar-refractivity contribution in [1.29, 1.82) is 0 Å². The summed E-state index contributed by atoms with van der Waals surface area (Å²) in [5.74, 6) is 1.45. The van der Waals surface area contributed by atoms with Gasteiger partial charge in [0, 0.05) is 12.5 Å². The molecular formula is C15H32N2O. The van der Waals surface area contributed by atoms with Crippen LogP contribution in [0.2, 0.25) is 0 Å². The van der Waals surface area contributed by atoms with Crippen LogP contribution in [0, 0.1) is 11.8 Å². The van der Waals surface area contributed by atoms with Crippen LogP contribution in [0.5, 0.6) is 0 Å². The van der Waals surface area contributed by atoms with Gasteiger partial charge in [0.1, 0.15) is 0 Å². The van der Waals surface area contributed by atoms with E-state index in [0.29, 0.717) is 11.8 Å². The number of unbranched alkanes of at least 4 members (excludes halogenated alkanes) is 4. The Morgan fingerprint density at radius 1 is 1.06 bits per heavy atom. The van der Waals surface area contributed by atoms with Gasteiger partial charge in [-0.1, -0.05) is 39.5 Å². The zero-order valence-corrected chi connectivity index (χ0v) is 12.3. The molecule has 3 heteroatoms. The fourth-order valence-corrected chi connectivity index (χ4v) is 2.61. The average Bonchev–Trinajstić information content (AvgIpc) is 2.34. The molecule has 0 unspecified atom stereocenters. The first-order valence-electron chi connectivity index (χ1n) is 7.51. The van der Waals surface area contributed by atoms with E-state index in [0.717, 1.165) is 31.7 Å². The smallest absolute Gasteiger partial charge is 0.223 e. The van der Waals surface area contributed by atoms with Gasteiger partial charge in [-0.05, 0) is 38.0 Å². The first-order chi connectivity index (χ1) is 8.24. The second kappa shape index (κ2) is 10.4. The van der Waals surface area contributed by atoms with Crippen LogP contribution in [0.15, 0.2) is 0 Å². The Kier molecular flexibility index (Phi) is 10.0. The number of hydrogen-bond acceptors (Lipinski definition) is 2. The fourth-order valence-electron chi connectivity index (χ4n) is 2.61. The van der Waals surface area contributed by atoms with E-state index in [9.17, 15) is 4.79 Å². The summed E-state index contributed by atoms with van der Waals surface area (Å²) in [6, 6.07) is 0. The van der Waals surface area contributed by atoms with Crippen molar-refractivity contribution >= 4 is 5.91 Å². The molecule has 108 valence electrons. The molecule has 0 radical (unpaired) electrons. The average molecular weight is 256 g/mol. The predicted octanol–water partition coefficient (Wildman–Crippen LogP) is 4.06. The number of carbonyl (C=O) groups is 1. The van der Waals surface area contributed by atoms with Crippen molar-refractivity contribution in [1.82, 2.24) is 11.5 Å². The predicted molar refractivity (Wildman–Crippen MR) is 77.9 cm³/mol. The summed E-state index contributed by atoms with van der Waals surface area (Å²) < 4.78 is 0. The Morgan fingerprint density at radius 3 is 2.28 bits per heavy atom. The van der Waals surface area contributed by atoms with Crippen LogP contribution in [0.25, 0.3) is 0 Å². The van der Waals surface area contributed by atoms with Crippen LogP contribution in [-0.2, 0) is 4.79 Å². The van der Waals surface area contributed by atoms with E-state index < -0.39 is 0 Å². The topological polar surface area (TPSA) is 64.1 Å². The van der Waals surface area contributed by atoms with Gasteiger partial charge in [-0.15, -0.1) is 0 Å². The number of hydrogen-bond donors (Lipinski definition) is 2. The summed E-state index contributed by atoms with van der Waals surface area (Å²) in [7, 11) is 0. The van der Waals surface area contributed by atoms with Gasteiger partial charge < -0.3 is 11.5 Å². The Bertz CT molecular complexity index is 211. The maximum atomic E-state index is 11.9. The summed E-state index contributed by atoms with van der Waals surface area (Å²) >= 11 is 0. The van der Waals surface area contributed by atoms with Crippen molar-refractivity contribution in [2.45, 2.75) is 71.6 Å². The molecule has 0 atom stereocenters. The minimum absolute atomic E-state index is 0. The molecule has 0 aromatic heterocycles. The van der Waals surface area contributed by atoms with Gasteiger partial charge in [0.25, 0.3) is 0 Å². The lowest BCUT2D eigenvalue weighted by Gasteiger charge is -2.25. The van der Waals surface area contributed by atoms with E-state index in [1.54, 1.807) is 0 Å². The van der Waals surface area contributed by atoms with E-state index in [1.807, 2.05) is 0 Å². The highest BCUT2D eigenvalue weighted by molar-refractivity contribution is 5.78. The van der Waals surface area contributed by atoms with Gasteiger partial charge in [-0.25, -0.2) is 0 Å². The highest BCUT2D eigenvalue weighted by Crippen LogP contribution is 2.28. The SMILES string of the molecule is CCCCCCCNC(=O)C1CCC(C)CC1.N. The van der Waals surface area contributed by atoms with E-state index >= 15 is 0 Å². The third-order valence-corrected chi connectivity index (χ3v) is 3.97. The molecule has 0 saturated heterocycles. The second-order valence-corrected chi connectivity index (χ2v) is 5.66. The second-order valence-electron chi connectivity index (χ2n) is 5.66. The Morgan fingerprint density at radius 2 is 1.67 bits per heavy atom. The third kappa shape index (κ3) is 7.00.